The molecule has 4 atom stereocenters. The number of carboxylic acid groups (broad SMARTS) is 3. The third-order valence-electron chi connectivity index (χ3n) is 4.30. The highest BCUT2D eigenvalue weighted by molar-refractivity contribution is 5.95. The zero-order valence-electron chi connectivity index (χ0n) is 17.6. The fourth-order valence-corrected chi connectivity index (χ4v) is 2.58. The van der Waals surface area contributed by atoms with Crippen LogP contribution in [0.2, 0.25) is 0 Å². The fraction of sp³-hybridized carbons (Fsp3) is 0.500. The van der Waals surface area contributed by atoms with Crippen molar-refractivity contribution in [3.63, 3.8) is 0 Å². The van der Waals surface area contributed by atoms with Gasteiger partial charge in [-0.05, 0) is 13.3 Å². The highest BCUT2D eigenvalue weighted by atomic mass is 16.4. The van der Waals surface area contributed by atoms with E-state index < -0.39 is 72.6 Å². The lowest BCUT2D eigenvalue weighted by Crippen LogP contribution is -2.57. The molecule has 0 saturated heterocycles. The molecule has 0 aliphatic carbocycles. The van der Waals surface area contributed by atoms with Crippen LogP contribution in [0.1, 0.15) is 31.9 Å². The second kappa shape index (κ2) is 12.7. The summed E-state index contributed by atoms with van der Waals surface area (Å²) in [6.07, 6.45) is 0.669. The van der Waals surface area contributed by atoms with E-state index in [0.29, 0.717) is 5.69 Å². The quantitative estimate of drug-likeness (QED) is 0.137. The van der Waals surface area contributed by atoms with Crippen molar-refractivity contribution < 1.29 is 44.1 Å². The van der Waals surface area contributed by atoms with Crippen molar-refractivity contribution in [2.75, 3.05) is 0 Å². The Kier molecular flexibility index (Phi) is 10.4. The summed E-state index contributed by atoms with van der Waals surface area (Å²) < 4.78 is 0. The molecule has 4 unspecified atom stereocenters. The van der Waals surface area contributed by atoms with Gasteiger partial charge in [-0.3, -0.25) is 24.0 Å². The number of carboxylic acids is 3. The summed E-state index contributed by atoms with van der Waals surface area (Å²) >= 11 is 0. The number of nitrogens with two attached hydrogens (primary N) is 1. The zero-order valence-corrected chi connectivity index (χ0v) is 17.6. The first-order valence-corrected chi connectivity index (χ1v) is 9.71. The molecule has 1 aromatic rings. The molecule has 0 aromatic carbocycles. The second-order valence-electron chi connectivity index (χ2n) is 7.12. The number of H-pyrrole nitrogens is 1. The molecule has 15 nitrogen and oxygen atoms in total. The van der Waals surface area contributed by atoms with Crippen LogP contribution in [0, 0.1) is 0 Å². The van der Waals surface area contributed by atoms with Gasteiger partial charge in [-0.25, -0.2) is 9.78 Å². The van der Waals surface area contributed by atoms with Crippen molar-refractivity contribution in [1.82, 2.24) is 25.9 Å². The SMILES string of the molecule is CC(N)C(=O)NC(CCC(=O)O)C(=O)NC(CC(=O)O)C(=O)NC(Cc1cnc[nH]1)C(=O)O. The number of nitrogens with zero attached hydrogens (tertiary/aromatic N) is 1. The molecule has 0 fully saturated rings. The minimum atomic E-state index is -1.71. The number of aromatic amines is 1. The third kappa shape index (κ3) is 9.77. The minimum absolute atomic E-state index is 0.194. The van der Waals surface area contributed by atoms with E-state index in [9.17, 15) is 33.9 Å². The lowest BCUT2D eigenvalue weighted by molar-refractivity contribution is -0.143. The molecule has 0 aliphatic heterocycles. The van der Waals surface area contributed by atoms with E-state index in [0.717, 1.165) is 0 Å². The highest BCUT2D eigenvalue weighted by Gasteiger charge is 2.31. The van der Waals surface area contributed by atoms with Gasteiger partial charge in [-0.2, -0.15) is 0 Å². The molecule has 0 saturated carbocycles. The molecule has 0 spiro atoms. The number of hydrogen-bond donors (Lipinski definition) is 8. The van der Waals surface area contributed by atoms with Gasteiger partial charge in [0.2, 0.25) is 17.7 Å². The number of imidazole rings is 1. The Hall–Kier alpha value is -4.01. The summed E-state index contributed by atoms with van der Waals surface area (Å²) in [7, 11) is 0. The van der Waals surface area contributed by atoms with Gasteiger partial charge in [0.1, 0.15) is 18.1 Å². The molecule has 0 aliphatic rings. The van der Waals surface area contributed by atoms with Crippen molar-refractivity contribution in [3.8, 4) is 0 Å². The number of nitrogens with one attached hydrogen (secondary N) is 4. The molecule has 33 heavy (non-hydrogen) atoms. The average Bonchev–Trinajstić information content (AvgIpc) is 3.22. The molecule has 0 radical (unpaired) electrons. The second-order valence-corrected chi connectivity index (χ2v) is 7.12. The van der Waals surface area contributed by atoms with Gasteiger partial charge >= 0.3 is 17.9 Å². The van der Waals surface area contributed by atoms with E-state index in [2.05, 4.69) is 25.9 Å². The number of amides is 3. The Morgan fingerprint density at radius 1 is 0.939 bits per heavy atom. The summed E-state index contributed by atoms with van der Waals surface area (Å²) in [5.41, 5.74) is 5.81. The molecule has 1 aromatic heterocycles. The van der Waals surface area contributed by atoms with Crippen molar-refractivity contribution >= 4 is 35.6 Å². The van der Waals surface area contributed by atoms with E-state index in [1.165, 1.54) is 19.4 Å². The topological polar surface area (TPSA) is 254 Å². The summed E-state index contributed by atoms with van der Waals surface area (Å²) in [4.78, 5) is 77.0. The normalized spacial score (nSPS) is 14.2. The maximum atomic E-state index is 12.6. The lowest BCUT2D eigenvalue weighted by atomic mass is 10.1. The Morgan fingerprint density at radius 3 is 2.00 bits per heavy atom. The Balaban J connectivity index is 2.98. The molecule has 1 heterocycles. The maximum Gasteiger partial charge on any atom is 0.326 e. The summed E-state index contributed by atoms with van der Waals surface area (Å²) in [5, 5.41) is 33.8. The molecule has 15 heteroatoms. The Bertz CT molecular complexity index is 871. The predicted molar refractivity (Wildman–Crippen MR) is 108 cm³/mol. The number of rotatable bonds is 14. The molecule has 3 amide bonds. The van der Waals surface area contributed by atoms with E-state index in [4.69, 9.17) is 15.9 Å². The Labute approximate surface area is 187 Å². The molecule has 1 rings (SSSR count). The number of carbonyl (C=O) groups excluding carboxylic acids is 3. The maximum absolute atomic E-state index is 12.6. The van der Waals surface area contributed by atoms with Crippen LogP contribution in [-0.4, -0.2) is 85.1 Å². The molecule has 9 N–H and O–H groups in total. The standard InChI is InChI=1S/C18H26N6O9/c1-8(19)15(29)22-10(2-3-13(25)26)16(30)23-11(5-14(27)28)17(31)24-12(18(32)33)4-9-6-20-7-21-9/h6-8,10-12H,2-5,19H2,1H3,(H,20,21)(H,22,29)(H,23,30)(H,24,31)(H,25,26)(H,27,28)(H,32,33). The largest absolute Gasteiger partial charge is 0.481 e. The van der Waals surface area contributed by atoms with Crippen molar-refractivity contribution in [2.45, 2.75) is 56.8 Å². The van der Waals surface area contributed by atoms with E-state index in [1.54, 1.807) is 0 Å². The predicted octanol–water partition coefficient (Wildman–Crippen LogP) is -2.82. The summed E-state index contributed by atoms with van der Waals surface area (Å²) in [5.74, 6) is -7.06. The van der Waals surface area contributed by atoms with Crippen molar-refractivity contribution in [2.24, 2.45) is 5.73 Å². The first kappa shape index (κ1) is 27.0. The first-order chi connectivity index (χ1) is 15.4. The summed E-state index contributed by atoms with van der Waals surface area (Å²) in [6, 6.07) is -5.63. The van der Waals surface area contributed by atoms with Gasteiger partial charge in [-0.15, -0.1) is 0 Å². The summed E-state index contributed by atoms with van der Waals surface area (Å²) in [6.45, 7) is 1.33. The number of carbonyl (C=O) groups is 6. The van der Waals surface area contributed by atoms with Gasteiger partial charge in [-0.1, -0.05) is 0 Å². The van der Waals surface area contributed by atoms with Crippen LogP contribution >= 0.6 is 0 Å². The van der Waals surface area contributed by atoms with Crippen molar-refractivity contribution in [3.05, 3.63) is 18.2 Å². The van der Waals surface area contributed by atoms with E-state index in [-0.39, 0.29) is 12.8 Å². The van der Waals surface area contributed by atoms with Crippen LogP contribution in [-0.2, 0) is 35.2 Å². The van der Waals surface area contributed by atoms with Gasteiger partial charge in [0, 0.05) is 24.7 Å². The first-order valence-electron chi connectivity index (χ1n) is 9.71. The van der Waals surface area contributed by atoms with E-state index >= 15 is 0 Å². The fourth-order valence-electron chi connectivity index (χ4n) is 2.58. The van der Waals surface area contributed by atoms with Crippen LogP contribution in [0.4, 0.5) is 0 Å². The molecule has 182 valence electrons. The van der Waals surface area contributed by atoms with E-state index in [1.807, 2.05) is 0 Å². The lowest BCUT2D eigenvalue weighted by Gasteiger charge is -2.24. The number of hydrogen-bond acceptors (Lipinski definition) is 8. The zero-order chi connectivity index (χ0) is 25.1. The Morgan fingerprint density at radius 2 is 1.52 bits per heavy atom. The molecular weight excluding hydrogens is 444 g/mol. The highest BCUT2D eigenvalue weighted by Crippen LogP contribution is 2.04. The van der Waals surface area contributed by atoms with Gasteiger partial charge in [0.05, 0.1) is 18.8 Å². The smallest absolute Gasteiger partial charge is 0.326 e. The van der Waals surface area contributed by atoms with Crippen LogP contribution in [0.3, 0.4) is 0 Å². The average molecular weight is 470 g/mol. The molecular formula is C18H26N6O9. The number of aromatic nitrogens is 2. The van der Waals surface area contributed by atoms with Crippen LogP contribution in [0.5, 0.6) is 0 Å². The molecule has 0 bridgehead atoms. The van der Waals surface area contributed by atoms with Crippen LogP contribution in [0.25, 0.3) is 0 Å². The van der Waals surface area contributed by atoms with Gasteiger partial charge in [0.25, 0.3) is 0 Å². The van der Waals surface area contributed by atoms with Gasteiger partial charge in [0.15, 0.2) is 0 Å². The van der Waals surface area contributed by atoms with Crippen LogP contribution < -0.4 is 21.7 Å². The minimum Gasteiger partial charge on any atom is -0.481 e. The van der Waals surface area contributed by atoms with Crippen molar-refractivity contribution in [1.29, 1.82) is 0 Å². The van der Waals surface area contributed by atoms with Gasteiger partial charge < -0.3 is 42.0 Å². The monoisotopic (exact) mass is 470 g/mol. The number of aliphatic carboxylic acids is 3. The van der Waals surface area contributed by atoms with Crippen LogP contribution in [0.15, 0.2) is 12.5 Å². The third-order valence-corrected chi connectivity index (χ3v) is 4.30.